The number of fused-ring (bicyclic) bond motifs is 2. The van der Waals surface area contributed by atoms with Gasteiger partial charge in [-0.15, -0.1) is 11.3 Å². The Morgan fingerprint density at radius 1 is 1.18 bits per heavy atom. The van der Waals surface area contributed by atoms with Crippen LogP contribution in [-0.2, 0) is 0 Å². The third-order valence-corrected chi connectivity index (χ3v) is 4.05. The average Bonchev–Trinajstić information content (AvgIpc) is 3.23. The second kappa shape index (κ2) is 7.38. The van der Waals surface area contributed by atoms with E-state index in [1.165, 1.54) is 0 Å². The second-order valence-electron chi connectivity index (χ2n) is 4.25. The zero-order valence-corrected chi connectivity index (χ0v) is 14.4. The van der Waals surface area contributed by atoms with E-state index in [2.05, 4.69) is 19.9 Å². The first-order valence-corrected chi connectivity index (χ1v) is 8.18. The van der Waals surface area contributed by atoms with Crippen LogP contribution >= 0.6 is 22.9 Å². The van der Waals surface area contributed by atoms with Crippen molar-refractivity contribution in [1.82, 2.24) is 19.7 Å². The van der Waals surface area contributed by atoms with Crippen LogP contribution in [0.2, 0.25) is 5.15 Å². The summed E-state index contributed by atoms with van der Waals surface area (Å²) in [4.78, 5) is 5.08. The van der Waals surface area contributed by atoms with E-state index in [-0.39, 0.29) is 0 Å². The minimum absolute atomic E-state index is 0.604. The Kier molecular flexibility index (Phi) is 5.51. The van der Waals surface area contributed by atoms with Crippen LogP contribution in [0.25, 0.3) is 16.0 Å². The number of aromatic nitrogens is 4. The number of aryl methyl sites for hydroxylation is 2. The quantitative estimate of drug-likeness (QED) is 0.457. The zero-order valence-electron chi connectivity index (χ0n) is 12.9. The van der Waals surface area contributed by atoms with E-state index < -0.39 is 0 Å². The summed E-state index contributed by atoms with van der Waals surface area (Å²) in [5, 5.41) is 10.0. The number of thiazole rings is 1. The van der Waals surface area contributed by atoms with Crippen LogP contribution < -0.4 is 0 Å². The van der Waals surface area contributed by atoms with Crippen LogP contribution in [0.4, 0.5) is 0 Å². The van der Waals surface area contributed by atoms with Gasteiger partial charge < -0.3 is 0 Å². The molecular formula is C15H17ClN4OS. The van der Waals surface area contributed by atoms with E-state index >= 15 is 0 Å². The molecule has 0 saturated heterocycles. The maximum absolute atomic E-state index is 5.77. The van der Waals surface area contributed by atoms with Gasteiger partial charge in [-0.25, -0.2) is 9.61 Å². The van der Waals surface area contributed by atoms with Crippen molar-refractivity contribution in [2.75, 3.05) is 0 Å². The van der Waals surface area contributed by atoms with Crippen LogP contribution in [0, 0.1) is 13.8 Å². The van der Waals surface area contributed by atoms with Crippen LogP contribution in [0.5, 0.6) is 0 Å². The second-order valence-corrected chi connectivity index (χ2v) is 5.48. The standard InChI is InChI=1S/C7H6N2O.C6H5ClN2S.C2H6/c1-5-3-2-4-6-7(5)9-10-8-6;1-4-5(7)8-6-9(4)2-3-10-6;1-2/h2-4H,1H3;2-3H,1H3;1-2H3. The fraction of sp³-hybridized carbons (Fsp3) is 0.267. The molecule has 0 unspecified atom stereocenters. The Balaban J connectivity index is 0.000000144. The Labute approximate surface area is 137 Å². The molecule has 1 aromatic carbocycles. The molecule has 0 fully saturated rings. The molecule has 0 atom stereocenters. The molecule has 0 aliphatic carbocycles. The lowest BCUT2D eigenvalue weighted by atomic mass is 10.2. The summed E-state index contributed by atoms with van der Waals surface area (Å²) in [7, 11) is 0. The number of halogens is 1. The summed E-state index contributed by atoms with van der Waals surface area (Å²) in [5.74, 6) is 0. The van der Waals surface area contributed by atoms with Crippen molar-refractivity contribution in [2.45, 2.75) is 27.7 Å². The lowest BCUT2D eigenvalue weighted by molar-refractivity contribution is 0.315. The first kappa shape index (κ1) is 16.5. The normalized spacial score (nSPS) is 10.0. The first-order chi connectivity index (χ1) is 10.7. The monoisotopic (exact) mass is 336 g/mol. The summed E-state index contributed by atoms with van der Waals surface area (Å²) >= 11 is 7.36. The van der Waals surface area contributed by atoms with Crippen molar-refractivity contribution in [3.05, 3.63) is 46.2 Å². The van der Waals surface area contributed by atoms with E-state index in [1.807, 2.05) is 61.9 Å². The molecule has 0 amide bonds. The van der Waals surface area contributed by atoms with Crippen LogP contribution in [0.3, 0.4) is 0 Å². The van der Waals surface area contributed by atoms with Gasteiger partial charge in [0.1, 0.15) is 11.0 Å². The number of imidazole rings is 1. The zero-order chi connectivity index (χ0) is 16.1. The summed E-state index contributed by atoms with van der Waals surface area (Å²) in [6.07, 6.45) is 1.97. The highest BCUT2D eigenvalue weighted by atomic mass is 35.5. The van der Waals surface area contributed by atoms with Crippen molar-refractivity contribution in [2.24, 2.45) is 0 Å². The van der Waals surface area contributed by atoms with Gasteiger partial charge >= 0.3 is 0 Å². The van der Waals surface area contributed by atoms with Gasteiger partial charge in [-0.3, -0.25) is 4.40 Å². The fourth-order valence-corrected chi connectivity index (χ4v) is 2.79. The van der Waals surface area contributed by atoms with Crippen LogP contribution in [-0.4, -0.2) is 19.7 Å². The molecule has 3 heterocycles. The molecule has 5 nitrogen and oxygen atoms in total. The third kappa shape index (κ3) is 3.28. The van der Waals surface area contributed by atoms with Crippen LogP contribution in [0.1, 0.15) is 25.1 Å². The molecule has 0 N–H and O–H groups in total. The van der Waals surface area contributed by atoms with Gasteiger partial charge in [0, 0.05) is 11.6 Å². The lowest BCUT2D eigenvalue weighted by Crippen LogP contribution is -1.77. The van der Waals surface area contributed by atoms with Gasteiger partial charge in [-0.2, -0.15) is 0 Å². The molecule has 7 heteroatoms. The molecular weight excluding hydrogens is 320 g/mol. The maximum Gasteiger partial charge on any atom is 0.195 e. The largest absolute Gasteiger partial charge is 0.293 e. The van der Waals surface area contributed by atoms with Crippen LogP contribution in [0.15, 0.2) is 34.4 Å². The molecule has 4 rings (SSSR count). The van der Waals surface area contributed by atoms with Crippen molar-refractivity contribution in [3.63, 3.8) is 0 Å². The summed E-state index contributed by atoms with van der Waals surface area (Å²) < 4.78 is 6.52. The highest BCUT2D eigenvalue weighted by Gasteiger charge is 2.04. The van der Waals surface area contributed by atoms with Crippen molar-refractivity contribution < 1.29 is 4.63 Å². The number of rotatable bonds is 0. The van der Waals surface area contributed by atoms with Crippen molar-refractivity contribution in [3.8, 4) is 0 Å². The number of benzene rings is 1. The Morgan fingerprint density at radius 3 is 2.64 bits per heavy atom. The molecule has 0 radical (unpaired) electrons. The first-order valence-electron chi connectivity index (χ1n) is 6.92. The summed E-state index contributed by atoms with van der Waals surface area (Å²) in [5.41, 5.74) is 3.78. The Bertz CT molecular complexity index is 865. The van der Waals surface area contributed by atoms with E-state index in [0.29, 0.717) is 5.15 Å². The molecule has 22 heavy (non-hydrogen) atoms. The number of hydrogen-bond donors (Lipinski definition) is 0. The Morgan fingerprint density at radius 2 is 1.95 bits per heavy atom. The molecule has 4 aromatic rings. The van der Waals surface area contributed by atoms with E-state index in [9.17, 15) is 0 Å². The van der Waals surface area contributed by atoms with Gasteiger partial charge in [0.05, 0.1) is 5.69 Å². The lowest BCUT2D eigenvalue weighted by Gasteiger charge is -1.86. The predicted octanol–water partition coefficient (Wildman–Crippen LogP) is 4.92. The third-order valence-electron chi connectivity index (χ3n) is 2.93. The van der Waals surface area contributed by atoms with Crippen molar-refractivity contribution in [1.29, 1.82) is 0 Å². The van der Waals surface area contributed by atoms with E-state index in [0.717, 1.165) is 27.3 Å². The van der Waals surface area contributed by atoms with Gasteiger partial charge in [0.15, 0.2) is 10.1 Å². The molecule has 116 valence electrons. The highest BCUT2D eigenvalue weighted by molar-refractivity contribution is 7.15. The number of nitrogens with zero attached hydrogens (tertiary/aromatic N) is 4. The molecule has 0 bridgehead atoms. The molecule has 0 aliphatic rings. The summed E-state index contributed by atoms with van der Waals surface area (Å²) in [6, 6.07) is 5.78. The van der Waals surface area contributed by atoms with E-state index in [4.69, 9.17) is 11.6 Å². The topological polar surface area (TPSA) is 56.2 Å². The highest BCUT2D eigenvalue weighted by Crippen LogP contribution is 2.19. The number of hydrogen-bond acceptors (Lipinski definition) is 5. The fourth-order valence-electron chi connectivity index (χ4n) is 1.81. The summed E-state index contributed by atoms with van der Waals surface area (Å²) in [6.45, 7) is 7.93. The molecule has 0 saturated carbocycles. The maximum atomic E-state index is 5.77. The van der Waals surface area contributed by atoms with Gasteiger partial charge in [-0.05, 0) is 35.8 Å². The molecule has 0 spiro atoms. The predicted molar refractivity (Wildman–Crippen MR) is 90.7 cm³/mol. The molecule has 0 aliphatic heterocycles. The smallest absolute Gasteiger partial charge is 0.195 e. The van der Waals surface area contributed by atoms with Gasteiger partial charge in [0.25, 0.3) is 0 Å². The van der Waals surface area contributed by atoms with Gasteiger partial charge in [0.2, 0.25) is 0 Å². The minimum Gasteiger partial charge on any atom is -0.293 e. The molecule has 3 aromatic heterocycles. The van der Waals surface area contributed by atoms with Gasteiger partial charge in [-0.1, -0.05) is 37.6 Å². The minimum atomic E-state index is 0.604. The van der Waals surface area contributed by atoms with Crippen molar-refractivity contribution >= 4 is 38.9 Å². The average molecular weight is 337 g/mol. The van der Waals surface area contributed by atoms with E-state index in [1.54, 1.807) is 11.3 Å². The Hall–Kier alpha value is -1.92. The SMILES string of the molecule is CC.Cc1c(Cl)nc2sccn12.Cc1cccc2nonc12.